The summed E-state index contributed by atoms with van der Waals surface area (Å²) in [6.45, 7) is 2.25. The number of carbonyl (C=O) groups excluding carboxylic acids is 1. The number of esters is 1. The number of halogens is 1. The van der Waals surface area contributed by atoms with Gasteiger partial charge in [-0.3, -0.25) is 0 Å². The van der Waals surface area contributed by atoms with Crippen LogP contribution in [0.5, 0.6) is 11.5 Å². The summed E-state index contributed by atoms with van der Waals surface area (Å²) in [5.74, 6) is 1.76. The first kappa shape index (κ1) is 24.0. The van der Waals surface area contributed by atoms with Crippen LogP contribution in [0.4, 0.5) is 4.39 Å². The predicted octanol–water partition coefficient (Wildman–Crippen LogP) is 8.18. The summed E-state index contributed by atoms with van der Waals surface area (Å²) in [4.78, 5) is 12.5. The van der Waals surface area contributed by atoms with E-state index in [0.717, 1.165) is 29.9 Å². The van der Waals surface area contributed by atoms with Crippen LogP contribution in [0, 0.1) is 11.7 Å². The van der Waals surface area contributed by atoms with E-state index in [0.29, 0.717) is 28.5 Å². The van der Waals surface area contributed by atoms with E-state index in [1.807, 2.05) is 6.07 Å². The first-order valence-corrected chi connectivity index (χ1v) is 12.3. The van der Waals surface area contributed by atoms with E-state index in [9.17, 15) is 4.79 Å². The van der Waals surface area contributed by atoms with Crippen LogP contribution in [0.1, 0.15) is 73.7 Å². The van der Waals surface area contributed by atoms with Crippen molar-refractivity contribution in [1.29, 1.82) is 0 Å². The number of benzene rings is 3. The average Bonchev–Trinajstić information content (AvgIpc) is 2.88. The monoisotopic (exact) mass is 460 g/mol. The van der Waals surface area contributed by atoms with Gasteiger partial charge in [0, 0.05) is 5.56 Å². The maximum Gasteiger partial charge on any atom is 0.343 e. The van der Waals surface area contributed by atoms with Crippen molar-refractivity contribution >= 4 is 5.97 Å². The zero-order valence-electron chi connectivity index (χ0n) is 20.1. The summed E-state index contributed by atoms with van der Waals surface area (Å²) >= 11 is 0. The van der Waals surface area contributed by atoms with E-state index in [2.05, 4.69) is 13.0 Å². The van der Waals surface area contributed by atoms with Crippen molar-refractivity contribution in [3.63, 3.8) is 0 Å². The second-order valence-electron chi connectivity index (χ2n) is 9.24. The van der Waals surface area contributed by atoms with Gasteiger partial charge in [0.2, 0.25) is 0 Å². The second kappa shape index (κ2) is 11.3. The van der Waals surface area contributed by atoms with Gasteiger partial charge in [-0.15, -0.1) is 0 Å². The Bertz CT molecular complexity index is 1080. The van der Waals surface area contributed by atoms with Crippen LogP contribution in [0.3, 0.4) is 0 Å². The molecule has 1 aliphatic rings. The van der Waals surface area contributed by atoms with E-state index in [1.165, 1.54) is 32.1 Å². The van der Waals surface area contributed by atoms with Crippen LogP contribution in [0.25, 0.3) is 11.1 Å². The van der Waals surface area contributed by atoms with E-state index < -0.39 is 5.97 Å². The molecule has 3 aromatic rings. The van der Waals surface area contributed by atoms with Crippen LogP contribution >= 0.6 is 0 Å². The summed E-state index contributed by atoms with van der Waals surface area (Å²) in [7, 11) is 1.58. The highest BCUT2D eigenvalue weighted by Gasteiger charge is 2.23. The molecule has 0 N–H and O–H groups in total. The largest absolute Gasteiger partial charge is 0.497 e. The number of methoxy groups -OCH3 is 1. The molecule has 0 heterocycles. The lowest BCUT2D eigenvalue weighted by molar-refractivity contribution is 0.0734. The van der Waals surface area contributed by atoms with Crippen molar-refractivity contribution in [3.05, 3.63) is 83.7 Å². The number of hydrogen-bond acceptors (Lipinski definition) is 3. The number of rotatable bonds is 8. The minimum atomic E-state index is -0.456. The molecule has 4 rings (SSSR count). The lowest BCUT2D eigenvalue weighted by Crippen LogP contribution is -2.13. The van der Waals surface area contributed by atoms with Crippen LogP contribution in [0.2, 0.25) is 0 Å². The lowest BCUT2D eigenvalue weighted by Gasteiger charge is -2.29. The fraction of sp³-hybridized carbons (Fsp3) is 0.367. The molecule has 1 aliphatic carbocycles. The van der Waals surface area contributed by atoms with Gasteiger partial charge in [-0.2, -0.15) is 0 Å². The molecule has 0 amide bonds. The number of hydrogen-bond donors (Lipinski definition) is 0. The first-order chi connectivity index (χ1) is 16.6. The van der Waals surface area contributed by atoms with Crippen LogP contribution < -0.4 is 9.47 Å². The van der Waals surface area contributed by atoms with E-state index in [1.54, 1.807) is 61.7 Å². The lowest BCUT2D eigenvalue weighted by atomic mass is 9.77. The molecule has 0 saturated heterocycles. The molecule has 0 unspecified atom stereocenters. The standard InChI is InChI=1S/C30H33FO3/c1-3-4-5-21-6-8-22(9-7-21)25-14-19-28(29(31)20-25)23-10-12-24(13-11-23)30(32)34-27-17-15-26(33-2)16-18-27/h10-22H,3-9H2,1-2H3/t21-,22-. The van der Waals surface area contributed by atoms with Gasteiger partial charge < -0.3 is 9.47 Å². The Morgan fingerprint density at radius 1 is 0.912 bits per heavy atom. The minimum absolute atomic E-state index is 0.209. The number of unbranched alkanes of at least 4 members (excludes halogenated alkanes) is 1. The SMILES string of the molecule is CCCC[C@H]1CC[C@H](c2ccc(-c3ccc(C(=O)Oc4ccc(OC)cc4)cc3)c(F)c2)CC1. The zero-order chi connectivity index (χ0) is 23.9. The molecule has 3 nitrogen and oxygen atoms in total. The molecule has 34 heavy (non-hydrogen) atoms. The Kier molecular flexibility index (Phi) is 7.99. The third-order valence-electron chi connectivity index (χ3n) is 6.98. The Balaban J connectivity index is 1.39. The molecule has 0 aliphatic heterocycles. The van der Waals surface area contributed by atoms with Crippen molar-refractivity contribution in [2.75, 3.05) is 7.11 Å². The summed E-state index contributed by atoms with van der Waals surface area (Å²) in [6.07, 6.45) is 8.72. The Morgan fingerprint density at radius 2 is 1.59 bits per heavy atom. The normalized spacial score (nSPS) is 17.9. The molecule has 0 spiro atoms. The molecule has 3 aromatic carbocycles. The van der Waals surface area contributed by atoms with Gasteiger partial charge in [0.1, 0.15) is 17.3 Å². The molecule has 0 bridgehead atoms. The molecule has 178 valence electrons. The van der Waals surface area contributed by atoms with Gasteiger partial charge in [0.25, 0.3) is 0 Å². The maximum absolute atomic E-state index is 15.0. The van der Waals surface area contributed by atoms with Gasteiger partial charge in [-0.05, 0) is 91.1 Å². The van der Waals surface area contributed by atoms with Crippen molar-refractivity contribution in [3.8, 4) is 22.6 Å². The highest BCUT2D eigenvalue weighted by molar-refractivity contribution is 5.91. The molecule has 1 fully saturated rings. The van der Waals surface area contributed by atoms with E-state index >= 15 is 4.39 Å². The molecular formula is C30H33FO3. The predicted molar refractivity (Wildman–Crippen MR) is 134 cm³/mol. The average molecular weight is 461 g/mol. The number of ether oxygens (including phenoxy) is 2. The van der Waals surface area contributed by atoms with Crippen molar-refractivity contribution in [2.24, 2.45) is 5.92 Å². The van der Waals surface area contributed by atoms with Crippen molar-refractivity contribution in [1.82, 2.24) is 0 Å². The molecular weight excluding hydrogens is 427 g/mol. The van der Waals surface area contributed by atoms with Crippen molar-refractivity contribution in [2.45, 2.75) is 57.8 Å². The smallest absolute Gasteiger partial charge is 0.343 e. The zero-order valence-corrected chi connectivity index (χ0v) is 20.1. The summed E-state index contributed by atoms with van der Waals surface area (Å²) < 4.78 is 25.6. The Hall–Kier alpha value is -3.14. The minimum Gasteiger partial charge on any atom is -0.497 e. The molecule has 1 saturated carbocycles. The van der Waals surface area contributed by atoms with E-state index in [4.69, 9.17) is 9.47 Å². The third kappa shape index (κ3) is 5.85. The molecule has 0 aromatic heterocycles. The van der Waals surface area contributed by atoms with Crippen LogP contribution in [-0.4, -0.2) is 13.1 Å². The molecule has 4 heteroatoms. The Morgan fingerprint density at radius 3 is 2.21 bits per heavy atom. The molecule has 0 radical (unpaired) electrons. The van der Waals surface area contributed by atoms with Gasteiger partial charge >= 0.3 is 5.97 Å². The summed E-state index contributed by atoms with van der Waals surface area (Å²) in [5, 5.41) is 0. The highest BCUT2D eigenvalue weighted by Crippen LogP contribution is 2.38. The van der Waals surface area contributed by atoms with E-state index in [-0.39, 0.29) is 5.82 Å². The van der Waals surface area contributed by atoms with Crippen LogP contribution in [-0.2, 0) is 0 Å². The fourth-order valence-corrected chi connectivity index (χ4v) is 4.89. The van der Waals surface area contributed by atoms with Gasteiger partial charge in [-0.1, -0.05) is 50.5 Å². The van der Waals surface area contributed by atoms with Gasteiger partial charge in [0.15, 0.2) is 0 Å². The summed E-state index contributed by atoms with van der Waals surface area (Å²) in [6, 6.07) is 19.4. The van der Waals surface area contributed by atoms with Gasteiger partial charge in [0.05, 0.1) is 12.7 Å². The van der Waals surface area contributed by atoms with Gasteiger partial charge in [-0.25, -0.2) is 9.18 Å². The third-order valence-corrected chi connectivity index (χ3v) is 6.98. The Labute approximate surface area is 201 Å². The first-order valence-electron chi connectivity index (χ1n) is 12.3. The fourth-order valence-electron chi connectivity index (χ4n) is 4.89. The maximum atomic E-state index is 15.0. The topological polar surface area (TPSA) is 35.5 Å². The number of carbonyl (C=O) groups is 1. The van der Waals surface area contributed by atoms with Crippen LogP contribution in [0.15, 0.2) is 66.7 Å². The molecule has 0 atom stereocenters. The quantitative estimate of drug-likeness (QED) is 0.251. The summed E-state index contributed by atoms with van der Waals surface area (Å²) in [5.41, 5.74) is 2.81. The highest BCUT2D eigenvalue weighted by atomic mass is 19.1. The second-order valence-corrected chi connectivity index (χ2v) is 9.24. The van der Waals surface area contributed by atoms with Crippen molar-refractivity contribution < 1.29 is 18.7 Å².